The molecule has 198 valence electrons. The number of thiazole rings is 1. The molecule has 1 aliphatic heterocycles. The number of pyridine rings is 1. The number of aromatic nitrogens is 2. The molecule has 1 atom stereocenters. The summed E-state index contributed by atoms with van der Waals surface area (Å²) in [6.07, 6.45) is 4.38. The van der Waals surface area contributed by atoms with Gasteiger partial charge in [-0.3, -0.25) is 14.7 Å². The number of benzene rings is 2. The van der Waals surface area contributed by atoms with E-state index in [2.05, 4.69) is 4.98 Å². The first-order chi connectivity index (χ1) is 18.4. The van der Waals surface area contributed by atoms with Gasteiger partial charge in [-0.15, -0.1) is 0 Å². The molecular weight excluding hydrogens is 524 g/mol. The van der Waals surface area contributed by atoms with Gasteiger partial charge in [-0.05, 0) is 73.9 Å². The summed E-state index contributed by atoms with van der Waals surface area (Å²) in [5.41, 5.74) is 1.56. The summed E-state index contributed by atoms with van der Waals surface area (Å²) in [4.78, 5) is 24.7. The van der Waals surface area contributed by atoms with Gasteiger partial charge in [-0.1, -0.05) is 17.4 Å². The summed E-state index contributed by atoms with van der Waals surface area (Å²) >= 11 is 1.37. The van der Waals surface area contributed by atoms with Crippen LogP contribution in [-0.4, -0.2) is 54.9 Å². The Morgan fingerprint density at radius 2 is 1.95 bits per heavy atom. The molecule has 1 unspecified atom stereocenters. The van der Waals surface area contributed by atoms with Crippen LogP contribution in [0.3, 0.4) is 0 Å². The Hall–Kier alpha value is -3.54. The Morgan fingerprint density at radius 3 is 2.66 bits per heavy atom. The first-order valence-corrected chi connectivity index (χ1v) is 14.6. The molecule has 1 saturated heterocycles. The molecule has 4 aromatic rings. The highest BCUT2D eigenvalue weighted by atomic mass is 32.2. The van der Waals surface area contributed by atoms with E-state index in [1.54, 1.807) is 35.5 Å². The summed E-state index contributed by atoms with van der Waals surface area (Å²) < 4.78 is 40.1. The quantitative estimate of drug-likeness (QED) is 0.302. The fourth-order valence-electron chi connectivity index (χ4n) is 4.52. The van der Waals surface area contributed by atoms with Crippen molar-refractivity contribution in [2.45, 2.75) is 37.2 Å². The van der Waals surface area contributed by atoms with Crippen LogP contribution in [0.2, 0.25) is 0 Å². The van der Waals surface area contributed by atoms with E-state index in [1.807, 2.05) is 31.2 Å². The summed E-state index contributed by atoms with van der Waals surface area (Å²) in [5.74, 6) is 0.976. The van der Waals surface area contributed by atoms with Gasteiger partial charge in [0.05, 0.1) is 35.4 Å². The molecule has 0 saturated carbocycles. The van der Waals surface area contributed by atoms with Gasteiger partial charge in [0.15, 0.2) is 5.13 Å². The lowest BCUT2D eigenvalue weighted by atomic mass is 10.2. The summed E-state index contributed by atoms with van der Waals surface area (Å²) in [7, 11) is -2.38. The van der Waals surface area contributed by atoms with Gasteiger partial charge >= 0.3 is 0 Å². The molecule has 0 radical (unpaired) electrons. The van der Waals surface area contributed by atoms with E-state index < -0.39 is 16.1 Å². The molecule has 2 aromatic carbocycles. The molecule has 0 bridgehead atoms. The van der Waals surface area contributed by atoms with Crippen molar-refractivity contribution in [3.05, 3.63) is 72.6 Å². The van der Waals surface area contributed by atoms with Crippen LogP contribution >= 0.6 is 11.3 Å². The van der Waals surface area contributed by atoms with E-state index in [0.717, 1.165) is 21.5 Å². The maximum absolute atomic E-state index is 14.1. The average Bonchev–Trinajstić information content (AvgIpc) is 3.60. The Kier molecular flexibility index (Phi) is 7.59. The van der Waals surface area contributed by atoms with Gasteiger partial charge < -0.3 is 9.47 Å². The number of amides is 1. The third-order valence-electron chi connectivity index (χ3n) is 6.37. The van der Waals surface area contributed by atoms with E-state index in [-0.39, 0.29) is 23.9 Å². The maximum Gasteiger partial charge on any atom is 0.247 e. The van der Waals surface area contributed by atoms with Crippen molar-refractivity contribution in [3.63, 3.8) is 0 Å². The molecule has 0 spiro atoms. The van der Waals surface area contributed by atoms with Crippen LogP contribution in [0.15, 0.2) is 71.9 Å². The zero-order valence-electron chi connectivity index (χ0n) is 21.1. The minimum absolute atomic E-state index is 0.125. The topological polar surface area (TPSA) is 102 Å². The summed E-state index contributed by atoms with van der Waals surface area (Å²) in [5, 5.41) is 0.496. The number of hydrogen-bond donors (Lipinski definition) is 0. The zero-order valence-corrected chi connectivity index (χ0v) is 22.7. The SMILES string of the molecule is CCOc1ccc2nc(N(Cc3cccnc3)C(=O)C3CCCN3S(=O)(=O)c3ccc(OC)cc3)sc2c1. The minimum atomic E-state index is -3.90. The molecule has 3 heterocycles. The standard InChI is InChI=1S/C27H28N4O5S2/c1-3-36-21-10-13-23-25(16-21)37-27(29-23)30(18-19-6-4-14-28-17-19)26(32)24-7-5-15-31(24)38(33,34)22-11-8-20(35-2)9-12-22/h4,6,8-14,16-17,24H,3,5,7,15,18H2,1-2H3. The fraction of sp³-hybridized carbons (Fsp3) is 0.296. The minimum Gasteiger partial charge on any atom is -0.497 e. The highest BCUT2D eigenvalue weighted by Crippen LogP contribution is 2.35. The van der Waals surface area contributed by atoms with Crippen LogP contribution in [0.4, 0.5) is 5.13 Å². The predicted molar refractivity (Wildman–Crippen MR) is 146 cm³/mol. The van der Waals surface area contributed by atoms with Crippen molar-refractivity contribution in [2.24, 2.45) is 0 Å². The van der Waals surface area contributed by atoms with E-state index in [1.165, 1.54) is 34.9 Å². The van der Waals surface area contributed by atoms with Crippen molar-refractivity contribution in [3.8, 4) is 11.5 Å². The molecular formula is C27H28N4O5S2. The van der Waals surface area contributed by atoms with Crippen LogP contribution in [0.25, 0.3) is 10.2 Å². The van der Waals surface area contributed by atoms with Gasteiger partial charge in [-0.2, -0.15) is 4.31 Å². The largest absolute Gasteiger partial charge is 0.497 e. The Balaban J connectivity index is 1.50. The molecule has 0 N–H and O–H groups in total. The van der Waals surface area contributed by atoms with E-state index in [4.69, 9.17) is 14.5 Å². The molecule has 1 fully saturated rings. The number of methoxy groups -OCH3 is 1. The molecule has 2 aromatic heterocycles. The third-order valence-corrected chi connectivity index (χ3v) is 9.34. The van der Waals surface area contributed by atoms with Gasteiger partial charge in [0.2, 0.25) is 15.9 Å². The van der Waals surface area contributed by atoms with Crippen molar-refractivity contribution in [2.75, 3.05) is 25.2 Å². The van der Waals surface area contributed by atoms with Crippen LogP contribution in [0.1, 0.15) is 25.3 Å². The number of nitrogens with zero attached hydrogens (tertiary/aromatic N) is 4. The molecule has 1 amide bonds. The van der Waals surface area contributed by atoms with Crippen molar-refractivity contribution in [1.29, 1.82) is 0 Å². The van der Waals surface area contributed by atoms with Crippen LogP contribution < -0.4 is 14.4 Å². The second kappa shape index (κ2) is 11.1. The molecule has 0 aliphatic carbocycles. The number of fused-ring (bicyclic) bond motifs is 1. The highest BCUT2D eigenvalue weighted by Gasteiger charge is 2.42. The second-order valence-corrected chi connectivity index (χ2v) is 11.7. The normalized spacial score (nSPS) is 16.0. The van der Waals surface area contributed by atoms with Crippen molar-refractivity contribution >= 4 is 42.6 Å². The molecule has 1 aliphatic rings. The Labute approximate surface area is 225 Å². The number of ether oxygens (including phenoxy) is 2. The van der Waals surface area contributed by atoms with Crippen LogP contribution in [-0.2, 0) is 21.4 Å². The molecule has 38 heavy (non-hydrogen) atoms. The molecule has 11 heteroatoms. The van der Waals surface area contributed by atoms with Gasteiger partial charge in [-0.25, -0.2) is 13.4 Å². The van der Waals surface area contributed by atoms with E-state index >= 15 is 0 Å². The summed E-state index contributed by atoms with van der Waals surface area (Å²) in [6.45, 7) is 2.95. The fourth-order valence-corrected chi connectivity index (χ4v) is 7.17. The second-order valence-electron chi connectivity index (χ2n) is 8.79. The first-order valence-electron chi connectivity index (χ1n) is 12.3. The number of carbonyl (C=O) groups is 1. The molecule has 5 rings (SSSR count). The lowest BCUT2D eigenvalue weighted by Gasteiger charge is -2.28. The van der Waals surface area contributed by atoms with Crippen LogP contribution in [0.5, 0.6) is 11.5 Å². The van der Waals surface area contributed by atoms with Crippen LogP contribution in [0, 0.1) is 0 Å². The Morgan fingerprint density at radius 1 is 1.16 bits per heavy atom. The smallest absolute Gasteiger partial charge is 0.247 e. The average molecular weight is 553 g/mol. The molecule has 9 nitrogen and oxygen atoms in total. The van der Waals surface area contributed by atoms with Gasteiger partial charge in [0.1, 0.15) is 17.5 Å². The van der Waals surface area contributed by atoms with Gasteiger partial charge in [0.25, 0.3) is 0 Å². The predicted octanol–water partition coefficient (Wildman–Crippen LogP) is 4.49. The lowest BCUT2D eigenvalue weighted by molar-refractivity contribution is -0.121. The monoisotopic (exact) mass is 552 g/mol. The van der Waals surface area contributed by atoms with Crippen molar-refractivity contribution in [1.82, 2.24) is 14.3 Å². The van der Waals surface area contributed by atoms with Crippen molar-refractivity contribution < 1.29 is 22.7 Å². The number of sulfonamides is 1. The maximum atomic E-state index is 14.1. The zero-order chi connectivity index (χ0) is 26.7. The number of rotatable bonds is 9. The number of hydrogen-bond acceptors (Lipinski definition) is 8. The summed E-state index contributed by atoms with van der Waals surface area (Å²) in [6, 6.07) is 14.7. The van der Waals surface area contributed by atoms with Gasteiger partial charge in [0, 0.05) is 18.9 Å². The number of anilines is 1. The van der Waals surface area contributed by atoms with E-state index in [9.17, 15) is 13.2 Å². The third kappa shape index (κ3) is 5.22. The first kappa shape index (κ1) is 26.1. The Bertz CT molecular complexity index is 1520. The number of carbonyl (C=O) groups excluding carboxylic acids is 1. The highest BCUT2D eigenvalue weighted by molar-refractivity contribution is 7.89. The van der Waals surface area contributed by atoms with E-state index in [0.29, 0.717) is 30.3 Å². The lowest BCUT2D eigenvalue weighted by Crippen LogP contribution is -2.47.